The molecule has 0 fully saturated rings. The number of methoxy groups -OCH3 is 1. The summed E-state index contributed by atoms with van der Waals surface area (Å²) >= 11 is 0. The van der Waals surface area contributed by atoms with E-state index >= 15 is 0 Å². The van der Waals surface area contributed by atoms with Crippen LogP contribution in [-0.4, -0.2) is 17.6 Å². The van der Waals surface area contributed by atoms with E-state index in [9.17, 15) is 4.79 Å². The largest absolute Gasteiger partial charge is 0.497 e. The van der Waals surface area contributed by atoms with Crippen LogP contribution < -0.4 is 10.1 Å². The minimum Gasteiger partial charge on any atom is -0.497 e. The highest BCUT2D eigenvalue weighted by molar-refractivity contribution is 5.94. The zero-order valence-electron chi connectivity index (χ0n) is 13.6. The van der Waals surface area contributed by atoms with Crippen molar-refractivity contribution in [2.45, 2.75) is 12.5 Å². The van der Waals surface area contributed by atoms with Gasteiger partial charge in [-0.2, -0.15) is 0 Å². The van der Waals surface area contributed by atoms with Crippen molar-refractivity contribution >= 4 is 11.6 Å². The molecule has 3 rings (SSSR count). The minimum atomic E-state index is -0.311. The van der Waals surface area contributed by atoms with E-state index in [1.54, 1.807) is 7.11 Å². The predicted octanol–water partition coefficient (Wildman–Crippen LogP) is 3.92. The molecule has 4 nitrogen and oxygen atoms in total. The molecular weight excluding hydrogens is 300 g/mol. The fourth-order valence-corrected chi connectivity index (χ4v) is 2.65. The number of anilines is 1. The van der Waals surface area contributed by atoms with Crippen LogP contribution in [0.5, 0.6) is 5.75 Å². The molecule has 0 bridgehead atoms. The fourth-order valence-electron chi connectivity index (χ4n) is 2.65. The third-order valence-electron chi connectivity index (χ3n) is 3.90. The molecule has 0 aliphatic rings. The van der Waals surface area contributed by atoms with Crippen LogP contribution >= 0.6 is 0 Å². The van der Waals surface area contributed by atoms with Crippen molar-refractivity contribution in [1.82, 2.24) is 4.57 Å². The molecule has 1 aromatic heterocycles. The molecule has 3 aromatic rings. The highest BCUT2D eigenvalue weighted by Gasteiger charge is 2.20. The molecule has 24 heavy (non-hydrogen) atoms. The zero-order chi connectivity index (χ0) is 16.8. The smallest absolute Gasteiger partial charge is 0.247 e. The summed E-state index contributed by atoms with van der Waals surface area (Å²) in [5, 5.41) is 2.99. The number of nitrogens with one attached hydrogen (secondary N) is 1. The molecule has 0 radical (unpaired) electrons. The monoisotopic (exact) mass is 320 g/mol. The SMILES string of the molecule is COc1cccc(NC(=O)[C@H](Cc2ccccc2)n2cccc2)c1. The van der Waals surface area contributed by atoms with Crippen molar-refractivity contribution < 1.29 is 9.53 Å². The summed E-state index contributed by atoms with van der Waals surface area (Å²) in [6.07, 6.45) is 4.46. The van der Waals surface area contributed by atoms with Crippen LogP contribution in [0.4, 0.5) is 5.69 Å². The number of hydrogen-bond donors (Lipinski definition) is 1. The Morgan fingerprint density at radius 1 is 1.04 bits per heavy atom. The Labute approximate surface area is 141 Å². The van der Waals surface area contributed by atoms with E-state index in [4.69, 9.17) is 4.74 Å². The molecular formula is C20H20N2O2. The van der Waals surface area contributed by atoms with E-state index in [1.807, 2.05) is 83.7 Å². The molecule has 0 saturated carbocycles. The Kier molecular flexibility index (Phi) is 4.96. The zero-order valence-corrected chi connectivity index (χ0v) is 13.6. The molecule has 0 aliphatic heterocycles. The van der Waals surface area contributed by atoms with Crippen LogP contribution in [0.25, 0.3) is 0 Å². The van der Waals surface area contributed by atoms with Crippen molar-refractivity contribution in [3.63, 3.8) is 0 Å². The first-order valence-corrected chi connectivity index (χ1v) is 7.87. The molecule has 0 spiro atoms. The van der Waals surface area contributed by atoms with Gasteiger partial charge in [-0.05, 0) is 29.8 Å². The molecule has 0 saturated heterocycles. The van der Waals surface area contributed by atoms with Gasteiger partial charge in [0.15, 0.2) is 0 Å². The second kappa shape index (κ2) is 7.51. The lowest BCUT2D eigenvalue weighted by Gasteiger charge is -2.19. The number of amides is 1. The maximum Gasteiger partial charge on any atom is 0.247 e. The second-order valence-electron chi connectivity index (χ2n) is 5.56. The first-order valence-electron chi connectivity index (χ1n) is 7.87. The van der Waals surface area contributed by atoms with E-state index in [0.717, 1.165) is 11.3 Å². The number of benzene rings is 2. The molecule has 4 heteroatoms. The summed E-state index contributed by atoms with van der Waals surface area (Å²) in [7, 11) is 1.61. The third-order valence-corrected chi connectivity index (χ3v) is 3.90. The van der Waals surface area contributed by atoms with Crippen LogP contribution in [0, 0.1) is 0 Å². The molecule has 2 aromatic carbocycles. The number of aromatic nitrogens is 1. The Bertz CT molecular complexity index is 782. The van der Waals surface area contributed by atoms with E-state index in [0.29, 0.717) is 12.2 Å². The lowest BCUT2D eigenvalue weighted by molar-refractivity contribution is -0.119. The summed E-state index contributed by atoms with van der Waals surface area (Å²) < 4.78 is 7.14. The van der Waals surface area contributed by atoms with Crippen molar-refractivity contribution in [2.75, 3.05) is 12.4 Å². The van der Waals surface area contributed by atoms with Crippen molar-refractivity contribution in [2.24, 2.45) is 0 Å². The van der Waals surface area contributed by atoms with Gasteiger partial charge in [0.2, 0.25) is 5.91 Å². The van der Waals surface area contributed by atoms with Gasteiger partial charge < -0.3 is 14.6 Å². The van der Waals surface area contributed by atoms with Gasteiger partial charge >= 0.3 is 0 Å². The Balaban J connectivity index is 1.81. The standard InChI is InChI=1S/C20H20N2O2/c1-24-18-11-7-10-17(15-18)21-20(23)19(22-12-5-6-13-22)14-16-8-3-2-4-9-16/h2-13,15,19H,14H2,1H3,(H,21,23)/t19-/m0/s1. The summed E-state index contributed by atoms with van der Waals surface area (Å²) in [6.45, 7) is 0. The van der Waals surface area contributed by atoms with Crippen LogP contribution in [-0.2, 0) is 11.2 Å². The van der Waals surface area contributed by atoms with Gasteiger partial charge in [0.25, 0.3) is 0 Å². The maximum atomic E-state index is 12.8. The Morgan fingerprint density at radius 3 is 2.50 bits per heavy atom. The Hall–Kier alpha value is -3.01. The second-order valence-corrected chi connectivity index (χ2v) is 5.56. The van der Waals surface area contributed by atoms with Crippen molar-refractivity contribution in [3.8, 4) is 5.75 Å². The van der Waals surface area contributed by atoms with Gasteiger partial charge in [0.05, 0.1) is 7.11 Å². The van der Waals surface area contributed by atoms with E-state index in [2.05, 4.69) is 5.32 Å². The predicted molar refractivity (Wildman–Crippen MR) is 95.2 cm³/mol. The first-order chi connectivity index (χ1) is 11.8. The van der Waals surface area contributed by atoms with Crippen LogP contribution in [0.3, 0.4) is 0 Å². The highest BCUT2D eigenvalue weighted by atomic mass is 16.5. The molecule has 122 valence electrons. The topological polar surface area (TPSA) is 43.3 Å². The average molecular weight is 320 g/mol. The molecule has 1 heterocycles. The Morgan fingerprint density at radius 2 is 1.79 bits per heavy atom. The van der Waals surface area contributed by atoms with Gasteiger partial charge in [-0.1, -0.05) is 36.4 Å². The average Bonchev–Trinajstić information content (AvgIpc) is 3.15. The highest BCUT2D eigenvalue weighted by Crippen LogP contribution is 2.20. The van der Waals surface area contributed by atoms with Gasteiger partial charge in [0.1, 0.15) is 11.8 Å². The van der Waals surface area contributed by atoms with E-state index in [-0.39, 0.29) is 11.9 Å². The lowest BCUT2D eigenvalue weighted by atomic mass is 10.0. The number of carbonyl (C=O) groups excluding carboxylic acids is 1. The number of carbonyl (C=O) groups is 1. The van der Waals surface area contributed by atoms with Crippen LogP contribution in [0.1, 0.15) is 11.6 Å². The number of rotatable bonds is 6. The molecule has 1 N–H and O–H groups in total. The molecule has 1 atom stereocenters. The fraction of sp³-hybridized carbons (Fsp3) is 0.150. The summed E-state index contributed by atoms with van der Waals surface area (Å²) in [5.41, 5.74) is 1.85. The number of hydrogen-bond acceptors (Lipinski definition) is 2. The quantitative estimate of drug-likeness (QED) is 0.748. The molecule has 0 aliphatic carbocycles. The first kappa shape index (κ1) is 15.9. The van der Waals surface area contributed by atoms with Gasteiger partial charge in [-0.3, -0.25) is 4.79 Å². The number of nitrogens with zero attached hydrogens (tertiary/aromatic N) is 1. The van der Waals surface area contributed by atoms with Crippen LogP contribution in [0.15, 0.2) is 79.1 Å². The summed E-state index contributed by atoms with van der Waals surface area (Å²) in [6, 6.07) is 20.9. The van der Waals surface area contributed by atoms with Gasteiger partial charge in [-0.25, -0.2) is 0 Å². The molecule has 0 unspecified atom stereocenters. The maximum absolute atomic E-state index is 12.8. The van der Waals surface area contributed by atoms with Crippen LogP contribution in [0.2, 0.25) is 0 Å². The molecule has 1 amide bonds. The normalized spacial score (nSPS) is 11.7. The third kappa shape index (κ3) is 3.84. The van der Waals surface area contributed by atoms with Crippen molar-refractivity contribution in [3.05, 3.63) is 84.7 Å². The number of ether oxygens (including phenoxy) is 1. The lowest BCUT2D eigenvalue weighted by Crippen LogP contribution is -2.27. The van der Waals surface area contributed by atoms with Gasteiger partial charge in [0, 0.05) is 30.6 Å². The van der Waals surface area contributed by atoms with Crippen molar-refractivity contribution in [1.29, 1.82) is 0 Å². The van der Waals surface area contributed by atoms with E-state index < -0.39 is 0 Å². The minimum absolute atomic E-state index is 0.0525. The summed E-state index contributed by atoms with van der Waals surface area (Å²) in [4.78, 5) is 12.8. The van der Waals surface area contributed by atoms with E-state index in [1.165, 1.54) is 0 Å². The van der Waals surface area contributed by atoms with Gasteiger partial charge in [-0.15, -0.1) is 0 Å². The summed E-state index contributed by atoms with van der Waals surface area (Å²) in [5.74, 6) is 0.664.